The highest BCUT2D eigenvalue weighted by Gasteiger charge is 2.42. The maximum Gasteiger partial charge on any atom is 0.339 e. The van der Waals surface area contributed by atoms with E-state index in [1.54, 1.807) is 18.7 Å². The standard InChI is InChI=1S/C22H31N3O6/c1-14-17(21(28)29-3)15(2)23-18(14)20(27)25-8-4-5-16(13-25)19(26)24-9-6-22(7-10-24)30-11-12-31-22/h16,23H,4-13H2,1-3H3/t16-/m0/s1. The molecule has 4 heterocycles. The number of amides is 2. The third kappa shape index (κ3) is 4.08. The molecule has 31 heavy (non-hydrogen) atoms. The topological polar surface area (TPSA) is 101 Å². The lowest BCUT2D eigenvalue weighted by Gasteiger charge is -2.40. The minimum atomic E-state index is -0.508. The van der Waals surface area contributed by atoms with Gasteiger partial charge in [-0.3, -0.25) is 9.59 Å². The predicted molar refractivity (Wildman–Crippen MR) is 111 cm³/mol. The summed E-state index contributed by atoms with van der Waals surface area (Å²) in [6.45, 7) is 6.93. The van der Waals surface area contributed by atoms with Crippen molar-refractivity contribution in [2.24, 2.45) is 5.92 Å². The normalized spacial score (nSPS) is 23.3. The molecule has 170 valence electrons. The smallest absolute Gasteiger partial charge is 0.339 e. The molecule has 3 fully saturated rings. The SMILES string of the molecule is COC(=O)c1c(C)[nH]c(C(=O)N2CCC[C@H](C(=O)N3CCC4(CC3)OCCO4)C2)c1C. The number of hydrogen-bond acceptors (Lipinski definition) is 6. The van der Waals surface area contributed by atoms with Crippen molar-refractivity contribution in [2.45, 2.75) is 45.3 Å². The molecule has 4 rings (SSSR count). The van der Waals surface area contributed by atoms with Gasteiger partial charge in [-0.1, -0.05) is 0 Å². The summed E-state index contributed by atoms with van der Waals surface area (Å²) in [6, 6.07) is 0. The molecule has 2 amide bonds. The number of aromatic amines is 1. The number of aryl methyl sites for hydroxylation is 1. The van der Waals surface area contributed by atoms with Crippen molar-refractivity contribution in [3.63, 3.8) is 0 Å². The Labute approximate surface area is 182 Å². The van der Waals surface area contributed by atoms with Gasteiger partial charge in [-0.25, -0.2) is 4.79 Å². The molecular weight excluding hydrogens is 402 g/mol. The molecule has 1 N–H and O–H groups in total. The highest BCUT2D eigenvalue weighted by Crippen LogP contribution is 2.32. The van der Waals surface area contributed by atoms with Crippen molar-refractivity contribution < 1.29 is 28.6 Å². The van der Waals surface area contributed by atoms with Gasteiger partial charge in [0.15, 0.2) is 5.79 Å². The van der Waals surface area contributed by atoms with Crippen LogP contribution in [0, 0.1) is 19.8 Å². The summed E-state index contributed by atoms with van der Waals surface area (Å²) < 4.78 is 16.3. The Kier molecular flexibility index (Phi) is 6.07. The van der Waals surface area contributed by atoms with Crippen LogP contribution in [0.2, 0.25) is 0 Å². The first-order valence-corrected chi connectivity index (χ1v) is 11.0. The summed E-state index contributed by atoms with van der Waals surface area (Å²) in [5, 5.41) is 0. The number of nitrogens with one attached hydrogen (secondary N) is 1. The van der Waals surface area contributed by atoms with Crippen molar-refractivity contribution in [2.75, 3.05) is 46.5 Å². The van der Waals surface area contributed by atoms with Gasteiger partial charge in [0.05, 0.1) is 31.8 Å². The Morgan fingerprint density at radius 1 is 1.06 bits per heavy atom. The van der Waals surface area contributed by atoms with E-state index < -0.39 is 11.8 Å². The van der Waals surface area contributed by atoms with Crippen LogP contribution in [-0.2, 0) is 19.0 Å². The molecule has 3 saturated heterocycles. The van der Waals surface area contributed by atoms with Crippen LogP contribution in [0.1, 0.15) is 57.8 Å². The number of nitrogens with zero attached hydrogens (tertiary/aromatic N) is 2. The zero-order valence-electron chi connectivity index (χ0n) is 18.5. The molecule has 3 aliphatic heterocycles. The fourth-order valence-corrected chi connectivity index (χ4v) is 5.01. The van der Waals surface area contributed by atoms with Crippen LogP contribution < -0.4 is 0 Å². The minimum absolute atomic E-state index is 0.0972. The van der Waals surface area contributed by atoms with Crippen LogP contribution in [0.3, 0.4) is 0 Å². The second kappa shape index (κ2) is 8.63. The number of aromatic nitrogens is 1. The van der Waals surface area contributed by atoms with Crippen LogP contribution in [0.25, 0.3) is 0 Å². The molecule has 3 aliphatic rings. The summed E-state index contributed by atoms with van der Waals surface area (Å²) in [6.07, 6.45) is 2.92. The van der Waals surface area contributed by atoms with Crippen molar-refractivity contribution in [3.05, 3.63) is 22.5 Å². The second-order valence-corrected chi connectivity index (χ2v) is 8.64. The van der Waals surface area contributed by atoms with E-state index >= 15 is 0 Å². The first-order valence-electron chi connectivity index (χ1n) is 11.0. The molecule has 0 saturated carbocycles. The van der Waals surface area contributed by atoms with Gasteiger partial charge in [0.2, 0.25) is 5.91 Å². The van der Waals surface area contributed by atoms with E-state index in [4.69, 9.17) is 14.2 Å². The molecule has 0 aromatic carbocycles. The number of ether oxygens (including phenoxy) is 3. The molecule has 0 unspecified atom stereocenters. The molecule has 1 aromatic rings. The lowest BCUT2D eigenvalue weighted by atomic mass is 9.94. The third-order valence-electron chi connectivity index (χ3n) is 6.75. The summed E-state index contributed by atoms with van der Waals surface area (Å²) in [5.41, 5.74) is 1.98. The number of rotatable bonds is 3. The van der Waals surface area contributed by atoms with Crippen molar-refractivity contribution >= 4 is 17.8 Å². The predicted octanol–water partition coefficient (Wildman–Crippen LogP) is 1.64. The molecule has 0 bridgehead atoms. The first kappa shape index (κ1) is 21.8. The van der Waals surface area contributed by atoms with Crippen LogP contribution in [0.5, 0.6) is 0 Å². The lowest BCUT2D eigenvalue weighted by Crippen LogP contribution is -2.52. The number of esters is 1. The number of H-pyrrole nitrogens is 1. The van der Waals surface area contributed by atoms with Crippen molar-refractivity contribution in [1.82, 2.24) is 14.8 Å². The minimum Gasteiger partial charge on any atom is -0.465 e. The summed E-state index contributed by atoms with van der Waals surface area (Å²) in [4.78, 5) is 45.0. The zero-order chi connectivity index (χ0) is 22.2. The Hall–Kier alpha value is -2.39. The maximum absolute atomic E-state index is 13.2. The Morgan fingerprint density at radius 2 is 1.74 bits per heavy atom. The van der Waals surface area contributed by atoms with Gasteiger partial charge in [0.1, 0.15) is 5.69 Å². The fourth-order valence-electron chi connectivity index (χ4n) is 5.01. The summed E-state index contributed by atoms with van der Waals surface area (Å²) in [7, 11) is 1.32. The molecule has 1 aromatic heterocycles. The average Bonchev–Trinajstić information content (AvgIpc) is 3.36. The van der Waals surface area contributed by atoms with Crippen molar-refractivity contribution in [3.8, 4) is 0 Å². The van der Waals surface area contributed by atoms with Gasteiger partial charge in [-0.15, -0.1) is 0 Å². The number of carbonyl (C=O) groups is 3. The molecule has 9 heteroatoms. The van der Waals surface area contributed by atoms with E-state index in [2.05, 4.69) is 4.98 Å². The molecule has 1 atom stereocenters. The van der Waals surface area contributed by atoms with E-state index in [1.165, 1.54) is 7.11 Å². The monoisotopic (exact) mass is 433 g/mol. The number of methoxy groups -OCH3 is 1. The Bertz CT molecular complexity index is 863. The highest BCUT2D eigenvalue weighted by atomic mass is 16.7. The zero-order valence-corrected chi connectivity index (χ0v) is 18.5. The molecule has 0 aliphatic carbocycles. The molecular formula is C22H31N3O6. The van der Waals surface area contributed by atoms with Gasteiger partial charge in [0.25, 0.3) is 5.91 Å². The maximum atomic E-state index is 13.2. The molecule has 9 nitrogen and oxygen atoms in total. The van der Waals surface area contributed by atoms with E-state index in [-0.39, 0.29) is 17.7 Å². The van der Waals surface area contributed by atoms with Crippen LogP contribution in [0.4, 0.5) is 0 Å². The van der Waals surface area contributed by atoms with Crippen LogP contribution in [0.15, 0.2) is 0 Å². The largest absolute Gasteiger partial charge is 0.465 e. The van der Waals surface area contributed by atoms with Crippen molar-refractivity contribution in [1.29, 1.82) is 0 Å². The lowest BCUT2D eigenvalue weighted by molar-refractivity contribution is -0.188. The number of hydrogen-bond donors (Lipinski definition) is 1. The third-order valence-corrected chi connectivity index (χ3v) is 6.75. The number of carbonyl (C=O) groups excluding carboxylic acids is 3. The van der Waals surface area contributed by atoms with Gasteiger partial charge in [-0.05, 0) is 32.3 Å². The molecule has 0 radical (unpaired) electrons. The van der Waals surface area contributed by atoms with E-state index in [0.29, 0.717) is 74.7 Å². The number of likely N-dealkylation sites (tertiary alicyclic amines) is 2. The fraction of sp³-hybridized carbons (Fsp3) is 0.682. The first-order chi connectivity index (χ1) is 14.8. The average molecular weight is 434 g/mol. The highest BCUT2D eigenvalue weighted by molar-refractivity contribution is 6.00. The van der Waals surface area contributed by atoms with Crippen LogP contribution >= 0.6 is 0 Å². The van der Waals surface area contributed by atoms with E-state index in [1.807, 2.05) is 4.90 Å². The van der Waals surface area contributed by atoms with E-state index in [0.717, 1.165) is 12.8 Å². The van der Waals surface area contributed by atoms with Gasteiger partial charge >= 0.3 is 5.97 Å². The Morgan fingerprint density at radius 3 is 2.39 bits per heavy atom. The van der Waals surface area contributed by atoms with E-state index in [9.17, 15) is 14.4 Å². The van der Waals surface area contributed by atoms with Gasteiger partial charge in [0, 0.05) is 44.7 Å². The summed E-state index contributed by atoms with van der Waals surface area (Å²) in [5.74, 6) is -1.27. The second-order valence-electron chi connectivity index (χ2n) is 8.64. The van der Waals surface area contributed by atoms with Gasteiger partial charge in [-0.2, -0.15) is 0 Å². The van der Waals surface area contributed by atoms with Crippen LogP contribution in [-0.4, -0.2) is 84.9 Å². The summed E-state index contributed by atoms with van der Waals surface area (Å²) >= 11 is 0. The Balaban J connectivity index is 1.41. The number of piperidine rings is 2. The molecule has 1 spiro atoms. The van der Waals surface area contributed by atoms with Gasteiger partial charge < -0.3 is 29.0 Å². The quantitative estimate of drug-likeness (QED) is 0.728.